The molecule has 0 radical (unpaired) electrons. The molecular weight excluding hydrogens is 378 g/mol. The Morgan fingerprint density at radius 3 is 2.50 bits per heavy atom. The first-order valence-corrected chi connectivity index (χ1v) is 11.2. The highest BCUT2D eigenvalue weighted by Crippen LogP contribution is 2.35. The van der Waals surface area contributed by atoms with Crippen molar-refractivity contribution in [3.8, 4) is 5.75 Å². The number of rotatable bonds is 10. The third-order valence-electron chi connectivity index (χ3n) is 5.84. The molecule has 0 saturated heterocycles. The Balaban J connectivity index is 1.66. The summed E-state index contributed by atoms with van der Waals surface area (Å²) in [6.45, 7) is 7.02. The second-order valence-corrected chi connectivity index (χ2v) is 8.06. The number of carbonyl (C=O) groups excluding carboxylic acids is 2. The molecule has 1 aromatic heterocycles. The summed E-state index contributed by atoms with van der Waals surface area (Å²) in [5.41, 5.74) is 3.77. The van der Waals surface area contributed by atoms with Crippen LogP contribution < -0.4 is 4.74 Å². The molecule has 0 spiro atoms. The van der Waals surface area contributed by atoms with Gasteiger partial charge in [-0.15, -0.1) is 0 Å². The summed E-state index contributed by atoms with van der Waals surface area (Å²) in [6.07, 6.45) is 6.69. The Kier molecular flexibility index (Phi) is 7.72. The number of aromatic nitrogens is 1. The minimum atomic E-state index is -0.359. The molecule has 0 aliphatic heterocycles. The first-order chi connectivity index (χ1) is 14.5. The van der Waals surface area contributed by atoms with Gasteiger partial charge in [0.05, 0.1) is 13.2 Å². The van der Waals surface area contributed by atoms with Crippen LogP contribution in [0.2, 0.25) is 0 Å². The molecule has 0 saturated carbocycles. The average Bonchev–Trinajstić information content (AvgIpc) is 3.08. The van der Waals surface area contributed by atoms with Crippen molar-refractivity contribution in [1.82, 2.24) is 4.98 Å². The highest BCUT2D eigenvalue weighted by Gasteiger charge is 2.32. The van der Waals surface area contributed by atoms with Crippen LogP contribution in [0.4, 0.5) is 0 Å². The number of Topliss-reactive ketones (excluding diaryl/α,β-unsaturated/α-hetero) is 1. The number of carbonyl (C=O) groups is 2. The van der Waals surface area contributed by atoms with Crippen molar-refractivity contribution in [2.24, 2.45) is 0 Å². The molecule has 1 aliphatic rings. The van der Waals surface area contributed by atoms with Crippen LogP contribution in [0.1, 0.15) is 96.0 Å². The van der Waals surface area contributed by atoms with Gasteiger partial charge in [-0.05, 0) is 55.9 Å². The molecule has 1 atom stereocenters. The molecule has 0 amide bonds. The zero-order chi connectivity index (χ0) is 21.5. The second kappa shape index (κ2) is 10.5. The van der Waals surface area contributed by atoms with Gasteiger partial charge < -0.3 is 14.5 Å². The summed E-state index contributed by atoms with van der Waals surface area (Å²) in [5, 5.41) is 0. The lowest BCUT2D eigenvalue weighted by atomic mass is 9.81. The molecule has 1 N–H and O–H groups in total. The minimum absolute atomic E-state index is 0.0856. The van der Waals surface area contributed by atoms with E-state index in [9.17, 15) is 9.59 Å². The third-order valence-corrected chi connectivity index (χ3v) is 5.84. The quantitative estimate of drug-likeness (QED) is 0.398. The van der Waals surface area contributed by atoms with Gasteiger partial charge in [0.1, 0.15) is 11.4 Å². The number of benzene rings is 1. The van der Waals surface area contributed by atoms with Crippen LogP contribution in [0.3, 0.4) is 0 Å². The van der Waals surface area contributed by atoms with Crippen molar-refractivity contribution in [2.45, 2.75) is 71.6 Å². The molecule has 1 aliphatic carbocycles. The van der Waals surface area contributed by atoms with Crippen LogP contribution in [-0.4, -0.2) is 30.0 Å². The highest BCUT2D eigenvalue weighted by atomic mass is 16.5. The van der Waals surface area contributed by atoms with Crippen molar-refractivity contribution < 1.29 is 19.1 Å². The van der Waals surface area contributed by atoms with Gasteiger partial charge in [0.15, 0.2) is 5.78 Å². The van der Waals surface area contributed by atoms with Crippen LogP contribution in [0.15, 0.2) is 24.3 Å². The Labute approximate surface area is 179 Å². The molecule has 5 heteroatoms. The van der Waals surface area contributed by atoms with Gasteiger partial charge in [-0.1, -0.05) is 44.7 Å². The molecule has 1 unspecified atom stereocenters. The van der Waals surface area contributed by atoms with Crippen molar-refractivity contribution in [2.75, 3.05) is 13.2 Å². The topological polar surface area (TPSA) is 68.4 Å². The molecule has 0 bridgehead atoms. The fourth-order valence-corrected chi connectivity index (χ4v) is 4.22. The van der Waals surface area contributed by atoms with Crippen molar-refractivity contribution >= 4 is 11.8 Å². The van der Waals surface area contributed by atoms with Crippen molar-refractivity contribution in [3.63, 3.8) is 0 Å². The van der Waals surface area contributed by atoms with E-state index in [1.165, 1.54) is 19.3 Å². The van der Waals surface area contributed by atoms with E-state index < -0.39 is 0 Å². The summed E-state index contributed by atoms with van der Waals surface area (Å²) >= 11 is 0. The second-order valence-electron chi connectivity index (χ2n) is 8.06. The van der Waals surface area contributed by atoms with Gasteiger partial charge in [0.25, 0.3) is 0 Å². The van der Waals surface area contributed by atoms with E-state index in [1.807, 2.05) is 38.1 Å². The molecule has 1 aromatic carbocycles. The third kappa shape index (κ3) is 5.13. The molecule has 3 rings (SSSR count). The molecule has 5 nitrogen and oxygen atoms in total. The van der Waals surface area contributed by atoms with Gasteiger partial charge in [-0.25, -0.2) is 4.79 Å². The molecule has 162 valence electrons. The standard InChI is InChI=1S/C25H33NO4/c1-4-6-7-8-9-14-30-25(28)24-17(3)23-21(26-24)15-19(16-22(23)27)18-10-12-20(13-11-18)29-5-2/h10-13,19,26H,4-9,14-16H2,1-3H3. The molecule has 30 heavy (non-hydrogen) atoms. The fourth-order valence-electron chi connectivity index (χ4n) is 4.22. The average molecular weight is 412 g/mol. The zero-order valence-electron chi connectivity index (χ0n) is 18.4. The zero-order valence-corrected chi connectivity index (χ0v) is 18.4. The largest absolute Gasteiger partial charge is 0.494 e. The maximum atomic E-state index is 12.9. The van der Waals surface area contributed by atoms with E-state index in [0.717, 1.165) is 35.4 Å². The monoisotopic (exact) mass is 411 g/mol. The number of unbranched alkanes of at least 4 members (excludes halogenated alkanes) is 4. The van der Waals surface area contributed by atoms with E-state index in [4.69, 9.17) is 9.47 Å². The van der Waals surface area contributed by atoms with Crippen LogP contribution >= 0.6 is 0 Å². The first kappa shape index (κ1) is 22.1. The van der Waals surface area contributed by atoms with E-state index in [2.05, 4.69) is 11.9 Å². The van der Waals surface area contributed by atoms with Gasteiger partial charge in [-0.2, -0.15) is 0 Å². The summed E-state index contributed by atoms with van der Waals surface area (Å²) < 4.78 is 11.0. The van der Waals surface area contributed by atoms with Gasteiger partial charge in [-0.3, -0.25) is 4.79 Å². The van der Waals surface area contributed by atoms with Crippen LogP contribution in [-0.2, 0) is 11.2 Å². The Morgan fingerprint density at radius 2 is 1.80 bits per heavy atom. The summed E-state index contributed by atoms with van der Waals surface area (Å²) in [5.74, 6) is 0.658. The maximum absolute atomic E-state index is 12.9. The van der Waals surface area contributed by atoms with E-state index in [-0.39, 0.29) is 17.7 Å². The van der Waals surface area contributed by atoms with Crippen molar-refractivity contribution in [1.29, 1.82) is 0 Å². The maximum Gasteiger partial charge on any atom is 0.355 e. The predicted octanol–water partition coefficient (Wildman–Crippen LogP) is 5.76. The Morgan fingerprint density at radius 1 is 1.07 bits per heavy atom. The number of aromatic amines is 1. The van der Waals surface area contributed by atoms with E-state index >= 15 is 0 Å². The highest BCUT2D eigenvalue weighted by molar-refractivity contribution is 6.03. The number of hydrogen-bond donors (Lipinski definition) is 1. The SMILES string of the molecule is CCCCCCCOC(=O)c1[nH]c2c(c1C)C(=O)CC(c1ccc(OCC)cc1)C2. The number of nitrogens with one attached hydrogen (secondary N) is 1. The number of ether oxygens (including phenoxy) is 2. The normalized spacial score (nSPS) is 15.7. The molecular formula is C25H33NO4. The Bertz CT molecular complexity index is 866. The summed E-state index contributed by atoms with van der Waals surface area (Å²) in [4.78, 5) is 28.6. The number of hydrogen-bond acceptors (Lipinski definition) is 4. The smallest absolute Gasteiger partial charge is 0.355 e. The summed E-state index contributed by atoms with van der Waals surface area (Å²) in [7, 11) is 0. The van der Waals surface area contributed by atoms with E-state index in [0.29, 0.717) is 37.3 Å². The fraction of sp³-hybridized carbons (Fsp3) is 0.520. The van der Waals surface area contributed by atoms with Crippen LogP contribution in [0, 0.1) is 6.92 Å². The summed E-state index contributed by atoms with van der Waals surface area (Å²) in [6, 6.07) is 7.94. The Hall–Kier alpha value is -2.56. The molecule has 0 fully saturated rings. The first-order valence-electron chi connectivity index (χ1n) is 11.2. The van der Waals surface area contributed by atoms with Crippen LogP contribution in [0.25, 0.3) is 0 Å². The lowest BCUT2D eigenvalue weighted by Crippen LogP contribution is -2.18. The number of esters is 1. The number of H-pyrrole nitrogens is 1. The van der Waals surface area contributed by atoms with E-state index in [1.54, 1.807) is 0 Å². The number of ketones is 1. The van der Waals surface area contributed by atoms with Crippen LogP contribution in [0.5, 0.6) is 5.75 Å². The minimum Gasteiger partial charge on any atom is -0.494 e. The number of fused-ring (bicyclic) bond motifs is 1. The van der Waals surface area contributed by atoms with Gasteiger partial charge in [0.2, 0.25) is 0 Å². The lowest BCUT2D eigenvalue weighted by molar-refractivity contribution is 0.0490. The van der Waals surface area contributed by atoms with Crippen molar-refractivity contribution in [3.05, 3.63) is 52.3 Å². The predicted molar refractivity (Wildman–Crippen MR) is 118 cm³/mol. The molecule has 1 heterocycles. The van der Waals surface area contributed by atoms with Gasteiger partial charge in [0, 0.05) is 17.7 Å². The molecule has 2 aromatic rings. The van der Waals surface area contributed by atoms with Gasteiger partial charge >= 0.3 is 5.97 Å². The lowest BCUT2D eigenvalue weighted by Gasteiger charge is -2.22.